The fraction of sp³-hybridized carbons (Fsp3) is 0.167. The molecule has 0 radical (unpaired) electrons. The van der Waals surface area contributed by atoms with Gasteiger partial charge in [0.05, 0.1) is 43.7 Å². The average Bonchev–Trinajstić information content (AvgIpc) is 3.25. The van der Waals surface area contributed by atoms with E-state index in [0.29, 0.717) is 28.7 Å². The van der Waals surface area contributed by atoms with E-state index >= 15 is 0 Å². The van der Waals surface area contributed by atoms with Crippen LogP contribution in [0.3, 0.4) is 0 Å². The van der Waals surface area contributed by atoms with Crippen molar-refractivity contribution in [2.45, 2.75) is 6.54 Å². The van der Waals surface area contributed by atoms with Crippen molar-refractivity contribution in [1.29, 1.82) is 0 Å². The van der Waals surface area contributed by atoms with Gasteiger partial charge in [0.2, 0.25) is 0 Å². The second kappa shape index (κ2) is 9.06. The number of amides is 1. The van der Waals surface area contributed by atoms with Crippen molar-refractivity contribution in [3.05, 3.63) is 77.9 Å². The molecule has 1 amide bonds. The molecule has 1 aromatic heterocycles. The number of aromatic nitrogens is 1. The predicted molar refractivity (Wildman–Crippen MR) is 123 cm³/mol. The average molecular weight is 435 g/mol. The van der Waals surface area contributed by atoms with Crippen LogP contribution in [-0.4, -0.2) is 32.2 Å². The molecule has 0 unspecified atom stereocenters. The Morgan fingerprint density at radius 1 is 0.935 bits per heavy atom. The molecule has 0 saturated heterocycles. The monoisotopic (exact) mass is 434 g/mol. The zero-order valence-electron chi connectivity index (χ0n) is 17.5. The van der Waals surface area contributed by atoms with Crippen LogP contribution in [0.5, 0.6) is 17.2 Å². The predicted octanol–water partition coefficient (Wildman–Crippen LogP) is 5.17. The number of thiazole rings is 1. The van der Waals surface area contributed by atoms with E-state index in [1.165, 1.54) is 18.4 Å². The van der Waals surface area contributed by atoms with Gasteiger partial charge in [0.1, 0.15) is 5.75 Å². The van der Waals surface area contributed by atoms with E-state index < -0.39 is 0 Å². The lowest BCUT2D eigenvalue weighted by Crippen LogP contribution is -2.30. The maximum absolute atomic E-state index is 13.7. The highest BCUT2D eigenvalue weighted by molar-refractivity contribution is 7.22. The van der Waals surface area contributed by atoms with Gasteiger partial charge < -0.3 is 14.2 Å². The molecule has 4 rings (SSSR count). The summed E-state index contributed by atoms with van der Waals surface area (Å²) in [5.74, 6) is 1.41. The molecule has 4 aromatic rings. The van der Waals surface area contributed by atoms with Gasteiger partial charge in [-0.2, -0.15) is 0 Å². The van der Waals surface area contributed by atoms with Crippen LogP contribution in [0.25, 0.3) is 10.2 Å². The van der Waals surface area contributed by atoms with Crippen LogP contribution in [0, 0.1) is 0 Å². The number of hydrogen-bond donors (Lipinski definition) is 0. The van der Waals surface area contributed by atoms with Crippen molar-refractivity contribution in [1.82, 2.24) is 4.98 Å². The number of nitrogens with zero attached hydrogens (tertiary/aromatic N) is 2. The fourth-order valence-corrected chi connectivity index (χ4v) is 4.27. The minimum atomic E-state index is -0.217. The van der Waals surface area contributed by atoms with Crippen molar-refractivity contribution in [2.75, 3.05) is 26.2 Å². The summed E-state index contributed by atoms with van der Waals surface area (Å²) in [7, 11) is 4.70. The number of ether oxygens (including phenoxy) is 3. The molecule has 31 heavy (non-hydrogen) atoms. The first-order valence-electron chi connectivity index (χ1n) is 9.66. The summed E-state index contributed by atoms with van der Waals surface area (Å²) in [6.45, 7) is 0.372. The lowest BCUT2D eigenvalue weighted by atomic mass is 10.1. The summed E-state index contributed by atoms with van der Waals surface area (Å²) in [4.78, 5) is 20.1. The summed E-state index contributed by atoms with van der Waals surface area (Å²) in [6, 6.07) is 20.8. The van der Waals surface area contributed by atoms with Gasteiger partial charge in [-0.25, -0.2) is 4.98 Å². The van der Waals surface area contributed by atoms with E-state index in [9.17, 15) is 4.79 Å². The number of anilines is 1. The van der Waals surface area contributed by atoms with Crippen LogP contribution in [0.1, 0.15) is 15.9 Å². The first kappa shape index (κ1) is 20.7. The number of para-hydroxylation sites is 1. The standard InChI is InChI=1S/C24H22N2O4S/c1-28-17-12-13-21-19(14-17)25-24(31-21)26(15-16-8-5-4-6-9-16)23(27)18-10-7-11-20(29-2)22(18)30-3/h4-14H,15H2,1-3H3. The minimum Gasteiger partial charge on any atom is -0.497 e. The summed E-state index contributed by atoms with van der Waals surface area (Å²) < 4.78 is 17.2. The Morgan fingerprint density at radius 2 is 1.74 bits per heavy atom. The molecule has 0 aliphatic heterocycles. The van der Waals surface area contributed by atoms with Crippen LogP contribution in [0.15, 0.2) is 66.7 Å². The largest absolute Gasteiger partial charge is 0.497 e. The summed E-state index contributed by atoms with van der Waals surface area (Å²) in [5.41, 5.74) is 2.19. The third kappa shape index (κ3) is 4.18. The number of carbonyl (C=O) groups is 1. The fourth-order valence-electron chi connectivity index (χ4n) is 3.33. The van der Waals surface area contributed by atoms with Crippen LogP contribution in [0.2, 0.25) is 0 Å². The van der Waals surface area contributed by atoms with Gasteiger partial charge in [-0.05, 0) is 29.8 Å². The molecule has 1 heterocycles. The molecule has 0 spiro atoms. The number of rotatable bonds is 7. The molecule has 0 N–H and O–H groups in total. The second-order valence-electron chi connectivity index (χ2n) is 6.75. The molecule has 0 fully saturated rings. The van der Waals surface area contributed by atoms with E-state index in [1.54, 1.807) is 37.3 Å². The van der Waals surface area contributed by atoms with Gasteiger partial charge in [0, 0.05) is 6.07 Å². The molecule has 0 bridgehead atoms. The summed E-state index contributed by atoms with van der Waals surface area (Å²) >= 11 is 1.46. The van der Waals surface area contributed by atoms with E-state index in [2.05, 4.69) is 0 Å². The Hall–Kier alpha value is -3.58. The van der Waals surface area contributed by atoms with Crippen LogP contribution in [-0.2, 0) is 6.54 Å². The first-order valence-corrected chi connectivity index (χ1v) is 10.5. The molecule has 6 nitrogen and oxygen atoms in total. The number of fused-ring (bicyclic) bond motifs is 1. The van der Waals surface area contributed by atoms with Crippen molar-refractivity contribution in [3.8, 4) is 17.2 Å². The third-order valence-electron chi connectivity index (χ3n) is 4.88. The molecule has 7 heteroatoms. The van der Waals surface area contributed by atoms with Crippen LogP contribution < -0.4 is 19.1 Å². The molecule has 0 aliphatic carbocycles. The van der Waals surface area contributed by atoms with Gasteiger partial charge in [0.25, 0.3) is 5.91 Å². The Labute approximate surface area is 184 Å². The minimum absolute atomic E-state index is 0.217. The highest BCUT2D eigenvalue weighted by atomic mass is 32.1. The normalized spacial score (nSPS) is 10.7. The highest BCUT2D eigenvalue weighted by Crippen LogP contribution is 2.36. The summed E-state index contributed by atoms with van der Waals surface area (Å²) in [6.07, 6.45) is 0. The zero-order chi connectivity index (χ0) is 21.8. The first-order chi connectivity index (χ1) is 15.1. The zero-order valence-corrected chi connectivity index (χ0v) is 18.3. The van der Waals surface area contributed by atoms with Gasteiger partial charge in [0.15, 0.2) is 16.6 Å². The van der Waals surface area contributed by atoms with Crippen LogP contribution in [0.4, 0.5) is 5.13 Å². The quantitative estimate of drug-likeness (QED) is 0.402. The molecular formula is C24H22N2O4S. The number of benzene rings is 3. The van der Waals surface area contributed by atoms with Gasteiger partial charge in [-0.1, -0.05) is 47.7 Å². The highest BCUT2D eigenvalue weighted by Gasteiger charge is 2.26. The van der Waals surface area contributed by atoms with E-state index in [1.807, 2.05) is 48.5 Å². The SMILES string of the molecule is COc1ccc2sc(N(Cc3ccccc3)C(=O)c3cccc(OC)c3OC)nc2c1. The van der Waals surface area contributed by atoms with E-state index in [4.69, 9.17) is 19.2 Å². The smallest absolute Gasteiger partial charge is 0.264 e. The summed E-state index contributed by atoms with van der Waals surface area (Å²) in [5, 5.41) is 0.599. The number of methoxy groups -OCH3 is 3. The van der Waals surface area contributed by atoms with Crippen molar-refractivity contribution >= 4 is 32.6 Å². The molecule has 158 valence electrons. The topological polar surface area (TPSA) is 60.9 Å². The third-order valence-corrected chi connectivity index (χ3v) is 5.94. The second-order valence-corrected chi connectivity index (χ2v) is 7.76. The maximum Gasteiger partial charge on any atom is 0.264 e. The maximum atomic E-state index is 13.7. The van der Waals surface area contributed by atoms with Crippen molar-refractivity contribution in [3.63, 3.8) is 0 Å². The molecule has 0 atom stereocenters. The molecular weight excluding hydrogens is 412 g/mol. The van der Waals surface area contributed by atoms with Crippen molar-refractivity contribution in [2.24, 2.45) is 0 Å². The van der Waals surface area contributed by atoms with Gasteiger partial charge >= 0.3 is 0 Å². The Bertz CT molecular complexity index is 1210. The van der Waals surface area contributed by atoms with Gasteiger partial charge in [-0.3, -0.25) is 9.69 Å². The molecule has 0 aliphatic rings. The van der Waals surface area contributed by atoms with Crippen LogP contribution >= 0.6 is 11.3 Å². The lowest BCUT2D eigenvalue weighted by molar-refractivity contribution is 0.0981. The van der Waals surface area contributed by atoms with E-state index in [-0.39, 0.29) is 5.91 Å². The molecule has 3 aromatic carbocycles. The number of carbonyl (C=O) groups excluding carboxylic acids is 1. The Morgan fingerprint density at radius 3 is 2.45 bits per heavy atom. The van der Waals surface area contributed by atoms with E-state index in [0.717, 1.165) is 21.5 Å². The van der Waals surface area contributed by atoms with Crippen molar-refractivity contribution < 1.29 is 19.0 Å². The van der Waals surface area contributed by atoms with Gasteiger partial charge in [-0.15, -0.1) is 0 Å². The molecule has 0 saturated carbocycles. The number of hydrogen-bond acceptors (Lipinski definition) is 6. The Balaban J connectivity index is 1.81. The Kier molecular flexibility index (Phi) is 6.04. The lowest BCUT2D eigenvalue weighted by Gasteiger charge is -2.22.